The summed E-state index contributed by atoms with van der Waals surface area (Å²) in [5.41, 5.74) is 6.16. The molecule has 1 heterocycles. The molecule has 6 heteroatoms. The molecule has 3 unspecified atom stereocenters. The zero-order valence-corrected chi connectivity index (χ0v) is 14.9. The summed E-state index contributed by atoms with van der Waals surface area (Å²) >= 11 is 0. The molecule has 0 spiro atoms. The second-order valence-electron chi connectivity index (χ2n) is 7.04. The summed E-state index contributed by atoms with van der Waals surface area (Å²) in [6, 6.07) is 14.0. The molecule has 1 saturated heterocycles. The van der Waals surface area contributed by atoms with E-state index in [1.165, 1.54) is 0 Å². The number of nitrogens with two attached hydrogens (primary N) is 1. The Balaban J connectivity index is 2.23. The van der Waals surface area contributed by atoms with Gasteiger partial charge in [-0.25, -0.2) is 0 Å². The van der Waals surface area contributed by atoms with Crippen molar-refractivity contribution in [3.05, 3.63) is 41.1 Å². The lowest BCUT2D eigenvalue weighted by Gasteiger charge is -2.48. The molecule has 0 aromatic heterocycles. The predicted octanol–water partition coefficient (Wildman–Crippen LogP) is 2.13. The van der Waals surface area contributed by atoms with E-state index in [2.05, 4.69) is 23.1 Å². The topological polar surface area (TPSA) is 110 Å². The quantitative estimate of drug-likeness (QED) is 0.877. The Bertz CT molecular complexity index is 838. The zero-order valence-electron chi connectivity index (χ0n) is 14.9. The zero-order chi connectivity index (χ0) is 18.9. The van der Waals surface area contributed by atoms with Crippen molar-refractivity contribution < 1.29 is 4.74 Å². The summed E-state index contributed by atoms with van der Waals surface area (Å²) in [5.74, 6) is 0.261. The van der Waals surface area contributed by atoms with Gasteiger partial charge < -0.3 is 15.4 Å². The maximum absolute atomic E-state index is 9.98. The molecule has 2 aliphatic rings. The molecule has 1 aromatic carbocycles. The van der Waals surface area contributed by atoms with Gasteiger partial charge in [-0.2, -0.15) is 15.8 Å². The van der Waals surface area contributed by atoms with Crippen LogP contribution < -0.4 is 10.5 Å². The predicted molar refractivity (Wildman–Crippen MR) is 95.3 cm³/mol. The first-order valence-electron chi connectivity index (χ1n) is 8.57. The maximum atomic E-state index is 9.98. The number of nitriles is 3. The van der Waals surface area contributed by atoms with Gasteiger partial charge in [-0.3, -0.25) is 0 Å². The van der Waals surface area contributed by atoms with Crippen molar-refractivity contribution in [2.75, 3.05) is 27.2 Å². The van der Waals surface area contributed by atoms with Crippen molar-refractivity contribution in [2.24, 2.45) is 23.0 Å². The van der Waals surface area contributed by atoms with Crippen LogP contribution in [0, 0.1) is 51.2 Å². The van der Waals surface area contributed by atoms with Crippen LogP contribution in [0.2, 0.25) is 0 Å². The van der Waals surface area contributed by atoms with Crippen LogP contribution in [-0.4, -0.2) is 32.1 Å². The molecule has 132 valence electrons. The minimum Gasteiger partial charge on any atom is -0.497 e. The highest BCUT2D eigenvalue weighted by Crippen LogP contribution is 2.55. The highest BCUT2D eigenvalue weighted by atomic mass is 16.5. The smallest absolute Gasteiger partial charge is 0.190 e. The number of allylic oxidation sites excluding steroid dienone is 2. The maximum Gasteiger partial charge on any atom is 0.190 e. The highest BCUT2D eigenvalue weighted by molar-refractivity contribution is 5.50. The first kappa shape index (κ1) is 17.8. The summed E-state index contributed by atoms with van der Waals surface area (Å²) in [5, 5.41) is 29.6. The third-order valence-electron chi connectivity index (χ3n) is 5.79. The lowest BCUT2D eigenvalue weighted by atomic mass is 9.55. The lowest BCUT2D eigenvalue weighted by molar-refractivity contribution is 0.109. The van der Waals surface area contributed by atoms with Crippen LogP contribution in [0.3, 0.4) is 0 Å². The Labute approximate surface area is 153 Å². The molecule has 0 saturated carbocycles. The van der Waals surface area contributed by atoms with Gasteiger partial charge in [0, 0.05) is 18.4 Å². The summed E-state index contributed by atoms with van der Waals surface area (Å²) in [6.45, 7) is 1.58. The van der Waals surface area contributed by atoms with Crippen molar-refractivity contribution in [3.63, 3.8) is 0 Å². The van der Waals surface area contributed by atoms with E-state index < -0.39 is 11.3 Å². The standard InChI is InChI=1S/C20H21N5O/c1-25-8-7-15-16(9-21)19(24)20(11-22,12-23)18(17(15)10-25)13-3-5-14(26-2)6-4-13/h3-6,15,17-18H,7-8,10,24H2,1-2H3. The molecular weight excluding hydrogens is 326 g/mol. The van der Waals surface area contributed by atoms with Crippen molar-refractivity contribution in [2.45, 2.75) is 12.3 Å². The van der Waals surface area contributed by atoms with E-state index in [1.54, 1.807) is 7.11 Å². The number of likely N-dealkylation sites (tertiary alicyclic amines) is 1. The van der Waals surface area contributed by atoms with Crippen LogP contribution in [0.1, 0.15) is 17.9 Å². The molecule has 1 aliphatic heterocycles. The fourth-order valence-corrected chi connectivity index (χ4v) is 4.49. The number of rotatable bonds is 2. The number of ether oxygens (including phenoxy) is 1. The monoisotopic (exact) mass is 347 g/mol. The van der Waals surface area contributed by atoms with Crippen LogP contribution in [-0.2, 0) is 0 Å². The average Bonchev–Trinajstić information content (AvgIpc) is 2.67. The normalized spacial score (nSPS) is 27.6. The molecule has 3 atom stereocenters. The van der Waals surface area contributed by atoms with Gasteiger partial charge in [-0.15, -0.1) is 0 Å². The van der Waals surface area contributed by atoms with Gasteiger partial charge in [0.25, 0.3) is 0 Å². The minimum absolute atomic E-state index is 0.0246. The van der Waals surface area contributed by atoms with Gasteiger partial charge in [0.15, 0.2) is 5.41 Å². The molecule has 0 radical (unpaired) electrons. The number of methoxy groups -OCH3 is 1. The van der Waals surface area contributed by atoms with Crippen LogP contribution >= 0.6 is 0 Å². The number of piperidine rings is 1. The Morgan fingerprint density at radius 3 is 2.38 bits per heavy atom. The second-order valence-corrected chi connectivity index (χ2v) is 7.04. The fraction of sp³-hybridized carbons (Fsp3) is 0.450. The van der Waals surface area contributed by atoms with Crippen molar-refractivity contribution in [1.82, 2.24) is 4.90 Å². The SMILES string of the molecule is COc1ccc(C2C3CN(C)CCC3C(C#N)=C(N)C2(C#N)C#N)cc1. The highest BCUT2D eigenvalue weighted by Gasteiger charge is 2.56. The molecule has 3 rings (SSSR count). The van der Waals surface area contributed by atoms with Crippen molar-refractivity contribution in [3.8, 4) is 24.0 Å². The van der Waals surface area contributed by atoms with E-state index in [9.17, 15) is 15.8 Å². The molecule has 6 nitrogen and oxygen atoms in total. The molecule has 26 heavy (non-hydrogen) atoms. The first-order chi connectivity index (χ1) is 12.5. The van der Waals surface area contributed by atoms with E-state index in [-0.39, 0.29) is 17.5 Å². The van der Waals surface area contributed by atoms with E-state index in [0.717, 1.165) is 18.5 Å². The number of benzene rings is 1. The van der Waals surface area contributed by atoms with Crippen LogP contribution in [0.4, 0.5) is 0 Å². The van der Waals surface area contributed by atoms with Crippen LogP contribution in [0.25, 0.3) is 0 Å². The first-order valence-corrected chi connectivity index (χ1v) is 8.57. The lowest BCUT2D eigenvalue weighted by Crippen LogP contribution is -2.51. The third kappa shape index (κ3) is 2.49. The van der Waals surface area contributed by atoms with Gasteiger partial charge in [-0.1, -0.05) is 12.1 Å². The van der Waals surface area contributed by atoms with E-state index in [1.807, 2.05) is 31.3 Å². The van der Waals surface area contributed by atoms with E-state index in [4.69, 9.17) is 10.5 Å². The third-order valence-corrected chi connectivity index (χ3v) is 5.79. The molecule has 0 bridgehead atoms. The summed E-state index contributed by atoms with van der Waals surface area (Å²) < 4.78 is 5.23. The van der Waals surface area contributed by atoms with Gasteiger partial charge >= 0.3 is 0 Å². The van der Waals surface area contributed by atoms with Crippen molar-refractivity contribution in [1.29, 1.82) is 15.8 Å². The molecular formula is C20H21N5O. The Kier molecular flexibility index (Phi) is 4.60. The van der Waals surface area contributed by atoms with Gasteiger partial charge in [0.1, 0.15) is 5.75 Å². The van der Waals surface area contributed by atoms with Gasteiger partial charge in [-0.05, 0) is 43.6 Å². The molecule has 0 amide bonds. The fourth-order valence-electron chi connectivity index (χ4n) is 4.49. The number of fused-ring (bicyclic) bond motifs is 1. The molecule has 1 fully saturated rings. The number of hydrogen-bond acceptors (Lipinski definition) is 6. The molecule has 1 aromatic rings. The number of nitrogens with zero attached hydrogens (tertiary/aromatic N) is 4. The van der Waals surface area contributed by atoms with Gasteiger partial charge in [0.2, 0.25) is 0 Å². The molecule has 1 aliphatic carbocycles. The van der Waals surface area contributed by atoms with Gasteiger partial charge in [0.05, 0.1) is 36.6 Å². The summed E-state index contributed by atoms with van der Waals surface area (Å²) in [7, 11) is 3.62. The van der Waals surface area contributed by atoms with Crippen LogP contribution in [0.5, 0.6) is 5.75 Å². The molecule has 2 N–H and O–H groups in total. The summed E-state index contributed by atoms with van der Waals surface area (Å²) in [6.07, 6.45) is 0.796. The van der Waals surface area contributed by atoms with E-state index in [0.29, 0.717) is 17.9 Å². The Morgan fingerprint density at radius 1 is 1.19 bits per heavy atom. The average molecular weight is 347 g/mol. The number of hydrogen-bond donors (Lipinski definition) is 1. The van der Waals surface area contributed by atoms with E-state index >= 15 is 0 Å². The Morgan fingerprint density at radius 2 is 1.85 bits per heavy atom. The van der Waals surface area contributed by atoms with Crippen molar-refractivity contribution >= 4 is 0 Å². The van der Waals surface area contributed by atoms with Crippen LogP contribution in [0.15, 0.2) is 35.5 Å². The summed E-state index contributed by atoms with van der Waals surface area (Å²) in [4.78, 5) is 2.19. The largest absolute Gasteiger partial charge is 0.497 e. The second kappa shape index (κ2) is 6.71. The minimum atomic E-state index is -1.54. The Hall–Kier alpha value is -3.01.